The molecule has 0 saturated heterocycles. The van der Waals surface area contributed by atoms with E-state index in [1.807, 2.05) is 12.1 Å². The SMILES string of the molecule is COc1cc(CC2C(O)CSSC3(CCCCC3)c3cc(O)c(OC4CCCCC4)cc3CCC(OCO)CC2O)cc(OC)c1O. The van der Waals surface area contributed by atoms with Crippen LogP contribution < -0.4 is 14.2 Å². The smallest absolute Gasteiger partial charge is 0.200 e. The molecule has 4 unspecified atom stereocenters. The standard InChI is InChI=1S/C36H52O9S2/c1-42-33-16-23(17-34(43-2)35(33)41)15-27-29(38)19-26(44-22-37)12-11-24-18-32(45-25-9-5-3-6-10-25)30(39)20-28(24)36(13-7-4-8-14-36)47-46-21-31(27)40/h16-18,20,25-27,29,31,37-41H,3-15,19,21-22H2,1-2H3. The van der Waals surface area contributed by atoms with E-state index in [-0.39, 0.29) is 40.3 Å². The van der Waals surface area contributed by atoms with Gasteiger partial charge >= 0.3 is 0 Å². The molecule has 0 aromatic heterocycles. The highest BCUT2D eigenvalue weighted by molar-refractivity contribution is 8.77. The molecule has 2 aromatic rings. The second-order valence-corrected chi connectivity index (χ2v) is 16.0. The number of ether oxygens (including phenoxy) is 4. The van der Waals surface area contributed by atoms with Crippen molar-refractivity contribution in [1.82, 2.24) is 0 Å². The summed E-state index contributed by atoms with van der Waals surface area (Å²) in [7, 11) is 6.33. The van der Waals surface area contributed by atoms with Crippen LogP contribution in [0.25, 0.3) is 0 Å². The molecule has 5 rings (SSSR count). The topological polar surface area (TPSA) is 138 Å². The summed E-state index contributed by atoms with van der Waals surface area (Å²) in [6.45, 7) is -0.481. The maximum atomic E-state index is 11.7. The number of aliphatic hydroxyl groups is 3. The van der Waals surface area contributed by atoms with Gasteiger partial charge in [0.15, 0.2) is 23.0 Å². The lowest BCUT2D eigenvalue weighted by atomic mass is 9.79. The largest absolute Gasteiger partial charge is 0.504 e. The summed E-state index contributed by atoms with van der Waals surface area (Å²) in [6.07, 6.45) is 10.3. The number of phenolic OH excluding ortho intramolecular Hbond substituents is 2. The molecule has 5 N–H and O–H groups in total. The number of methoxy groups -OCH3 is 2. The number of phenols is 2. The molecule has 9 nitrogen and oxygen atoms in total. The minimum absolute atomic E-state index is 0.101. The predicted molar refractivity (Wildman–Crippen MR) is 186 cm³/mol. The molecular weight excluding hydrogens is 641 g/mol. The van der Waals surface area contributed by atoms with Gasteiger partial charge in [-0.1, -0.05) is 47.3 Å². The number of hydrogen-bond acceptors (Lipinski definition) is 11. The van der Waals surface area contributed by atoms with E-state index in [1.165, 1.54) is 27.1 Å². The highest BCUT2D eigenvalue weighted by Gasteiger charge is 2.39. The van der Waals surface area contributed by atoms with Gasteiger partial charge in [0, 0.05) is 11.7 Å². The van der Waals surface area contributed by atoms with E-state index >= 15 is 0 Å². The van der Waals surface area contributed by atoms with Gasteiger partial charge in [0.1, 0.15) is 6.79 Å². The van der Waals surface area contributed by atoms with Crippen molar-refractivity contribution < 1.29 is 44.5 Å². The summed E-state index contributed by atoms with van der Waals surface area (Å²) < 4.78 is 22.7. The third kappa shape index (κ3) is 8.97. The molecule has 47 heavy (non-hydrogen) atoms. The Balaban J connectivity index is 1.47. The van der Waals surface area contributed by atoms with Gasteiger partial charge in [-0.2, -0.15) is 0 Å². The minimum atomic E-state index is -0.938. The number of hydrogen-bond donors (Lipinski definition) is 5. The van der Waals surface area contributed by atoms with Crippen molar-refractivity contribution in [2.75, 3.05) is 26.8 Å². The molecule has 0 radical (unpaired) electrons. The molecule has 2 saturated carbocycles. The van der Waals surface area contributed by atoms with E-state index in [0.717, 1.165) is 68.1 Å². The van der Waals surface area contributed by atoms with Crippen molar-refractivity contribution in [2.24, 2.45) is 5.92 Å². The molecule has 1 heterocycles. The third-order valence-corrected chi connectivity index (χ3v) is 13.5. The molecule has 3 aliphatic rings. The van der Waals surface area contributed by atoms with Crippen molar-refractivity contribution in [2.45, 2.75) is 119 Å². The number of fused-ring (bicyclic) bond motifs is 2. The first-order valence-corrected chi connectivity index (χ1v) is 19.4. The molecule has 0 amide bonds. The highest BCUT2D eigenvalue weighted by Crippen LogP contribution is 2.56. The number of aryl methyl sites for hydroxylation is 1. The molecule has 0 bridgehead atoms. The van der Waals surface area contributed by atoms with Crippen molar-refractivity contribution in [3.8, 4) is 28.7 Å². The maximum absolute atomic E-state index is 11.7. The Hall–Kier alpha value is -2.02. The summed E-state index contributed by atoms with van der Waals surface area (Å²) in [4.78, 5) is 0. The van der Waals surface area contributed by atoms with Crippen molar-refractivity contribution in [1.29, 1.82) is 0 Å². The zero-order valence-electron chi connectivity index (χ0n) is 27.7. The van der Waals surface area contributed by atoms with Crippen molar-refractivity contribution in [3.63, 3.8) is 0 Å². The van der Waals surface area contributed by atoms with Crippen LogP contribution in [0.5, 0.6) is 28.7 Å². The van der Waals surface area contributed by atoms with Gasteiger partial charge in [0.25, 0.3) is 0 Å². The van der Waals surface area contributed by atoms with Gasteiger partial charge in [-0.15, -0.1) is 0 Å². The number of rotatable bonds is 8. The fraction of sp³-hybridized carbons (Fsp3) is 0.667. The average Bonchev–Trinajstić information content (AvgIpc) is 3.08. The van der Waals surface area contributed by atoms with Crippen LogP contribution in [0, 0.1) is 5.92 Å². The zero-order valence-corrected chi connectivity index (χ0v) is 29.3. The van der Waals surface area contributed by atoms with Gasteiger partial charge < -0.3 is 44.5 Å². The monoisotopic (exact) mass is 692 g/mol. The van der Waals surface area contributed by atoms with E-state index in [9.17, 15) is 25.5 Å². The lowest BCUT2D eigenvalue weighted by Crippen LogP contribution is -2.38. The first-order valence-electron chi connectivity index (χ1n) is 17.1. The zero-order chi connectivity index (χ0) is 33.4. The van der Waals surface area contributed by atoms with Crippen LogP contribution in [0.4, 0.5) is 0 Å². The molecule has 4 atom stereocenters. The van der Waals surface area contributed by atoms with Crippen LogP contribution in [0.15, 0.2) is 24.3 Å². The second kappa shape index (κ2) is 17.1. The fourth-order valence-corrected chi connectivity index (χ4v) is 11.0. The van der Waals surface area contributed by atoms with Crippen molar-refractivity contribution in [3.05, 3.63) is 41.0 Å². The Labute approximate surface area is 286 Å². The van der Waals surface area contributed by atoms with Crippen LogP contribution in [0.1, 0.15) is 93.7 Å². The minimum Gasteiger partial charge on any atom is -0.504 e. The molecule has 11 heteroatoms. The summed E-state index contributed by atoms with van der Waals surface area (Å²) in [5.41, 5.74) is 2.96. The van der Waals surface area contributed by atoms with Gasteiger partial charge in [-0.25, -0.2) is 0 Å². The van der Waals surface area contributed by atoms with E-state index in [0.29, 0.717) is 30.8 Å². The Morgan fingerprint density at radius 1 is 0.809 bits per heavy atom. The van der Waals surface area contributed by atoms with Gasteiger partial charge in [-0.05, 0) is 105 Å². The lowest BCUT2D eigenvalue weighted by Gasteiger charge is -2.39. The average molecular weight is 693 g/mol. The Morgan fingerprint density at radius 2 is 1.49 bits per heavy atom. The lowest BCUT2D eigenvalue weighted by molar-refractivity contribution is -0.0808. The maximum Gasteiger partial charge on any atom is 0.200 e. The molecular formula is C36H52O9S2. The van der Waals surface area contributed by atoms with E-state index in [2.05, 4.69) is 0 Å². The summed E-state index contributed by atoms with van der Waals surface area (Å²) in [5.74, 6) is 0.936. The van der Waals surface area contributed by atoms with Gasteiger partial charge in [0.05, 0.1) is 43.4 Å². The summed E-state index contributed by atoms with van der Waals surface area (Å²) >= 11 is 0. The molecule has 2 aliphatic carbocycles. The molecule has 262 valence electrons. The summed E-state index contributed by atoms with van der Waals surface area (Å²) in [5, 5.41) is 54.9. The first kappa shape index (κ1) is 36.3. The van der Waals surface area contributed by atoms with Crippen molar-refractivity contribution >= 4 is 21.6 Å². The van der Waals surface area contributed by atoms with E-state index < -0.39 is 31.0 Å². The Kier molecular flexibility index (Phi) is 13.2. The Bertz CT molecular complexity index is 1270. The van der Waals surface area contributed by atoms with E-state index in [1.54, 1.807) is 33.7 Å². The fourth-order valence-electron chi connectivity index (χ4n) is 7.56. The van der Waals surface area contributed by atoms with Gasteiger partial charge in [0.2, 0.25) is 5.75 Å². The molecule has 1 spiro atoms. The number of aromatic hydroxyl groups is 2. The second-order valence-electron chi connectivity index (χ2n) is 13.3. The Morgan fingerprint density at radius 3 is 2.15 bits per heavy atom. The number of aliphatic hydroxyl groups excluding tert-OH is 3. The predicted octanol–water partition coefficient (Wildman–Crippen LogP) is 6.62. The normalized spacial score (nSPS) is 26.0. The first-order chi connectivity index (χ1) is 22.8. The molecule has 2 fully saturated rings. The highest BCUT2D eigenvalue weighted by atomic mass is 33.1. The van der Waals surface area contributed by atoms with Crippen LogP contribution in [0.2, 0.25) is 0 Å². The molecule has 1 aliphatic heterocycles. The van der Waals surface area contributed by atoms with Gasteiger partial charge in [-0.3, -0.25) is 0 Å². The van der Waals surface area contributed by atoms with Crippen LogP contribution >= 0.6 is 21.6 Å². The summed E-state index contributed by atoms with van der Waals surface area (Å²) in [6, 6.07) is 7.36. The van der Waals surface area contributed by atoms with Crippen LogP contribution in [-0.2, 0) is 22.3 Å². The quantitative estimate of drug-likeness (QED) is 0.151. The molecule has 2 aromatic carbocycles. The number of benzene rings is 2. The third-order valence-electron chi connectivity index (χ3n) is 10.2. The van der Waals surface area contributed by atoms with Crippen LogP contribution in [-0.4, -0.2) is 76.7 Å². The van der Waals surface area contributed by atoms with Crippen LogP contribution in [0.3, 0.4) is 0 Å². The van der Waals surface area contributed by atoms with E-state index in [4.69, 9.17) is 18.9 Å².